The number of rotatable bonds is 6. The highest BCUT2D eigenvalue weighted by atomic mass is 35.5. The van der Waals surface area contributed by atoms with Crippen molar-refractivity contribution in [3.05, 3.63) is 21.3 Å². The number of aliphatic hydroxyl groups is 1. The summed E-state index contributed by atoms with van der Waals surface area (Å²) in [6.07, 6.45) is -0.295. The highest BCUT2D eigenvalue weighted by Crippen LogP contribution is 2.22. The fourth-order valence-electron chi connectivity index (χ4n) is 2.57. The summed E-state index contributed by atoms with van der Waals surface area (Å²) >= 11 is 7.43. The molecule has 1 atom stereocenters. The van der Waals surface area contributed by atoms with Crippen LogP contribution in [0.15, 0.2) is 12.1 Å². The number of likely N-dealkylation sites (N-methyl/N-ethyl adjacent to an activating group) is 1. The molecule has 0 saturated carbocycles. The Morgan fingerprint density at radius 2 is 2.00 bits per heavy atom. The van der Waals surface area contributed by atoms with Gasteiger partial charge in [-0.05, 0) is 19.1 Å². The summed E-state index contributed by atoms with van der Waals surface area (Å²) in [6.45, 7) is 7.14. The highest BCUT2D eigenvalue weighted by molar-refractivity contribution is 7.16. The van der Waals surface area contributed by atoms with Gasteiger partial charge in [-0.15, -0.1) is 11.3 Å². The summed E-state index contributed by atoms with van der Waals surface area (Å²) in [6, 6.07) is 3.83. The quantitative estimate of drug-likeness (QED) is 0.845. The van der Waals surface area contributed by atoms with Gasteiger partial charge in [-0.3, -0.25) is 14.6 Å². The molecule has 0 spiro atoms. The van der Waals surface area contributed by atoms with Crippen LogP contribution in [-0.2, 0) is 11.3 Å². The summed E-state index contributed by atoms with van der Waals surface area (Å²) in [5.74, 6) is 0.133. The number of hydrogen-bond donors (Lipinski definition) is 1. The number of carbonyl (C=O) groups excluding carboxylic acids is 1. The maximum atomic E-state index is 12.3. The predicted octanol–water partition coefficient (Wildman–Crippen LogP) is 1.36. The second kappa shape index (κ2) is 8.26. The summed E-state index contributed by atoms with van der Waals surface area (Å²) < 4.78 is 0.755. The lowest BCUT2D eigenvalue weighted by molar-refractivity contribution is -0.132. The van der Waals surface area contributed by atoms with Crippen LogP contribution >= 0.6 is 22.9 Å². The Balaban J connectivity index is 1.73. The zero-order chi connectivity index (χ0) is 16.1. The Morgan fingerprint density at radius 1 is 1.36 bits per heavy atom. The van der Waals surface area contributed by atoms with Gasteiger partial charge in [0.2, 0.25) is 5.91 Å². The van der Waals surface area contributed by atoms with Gasteiger partial charge < -0.3 is 10.0 Å². The maximum absolute atomic E-state index is 12.3. The molecule has 1 saturated heterocycles. The number of aliphatic hydroxyl groups excluding tert-OH is 1. The van der Waals surface area contributed by atoms with Crippen LogP contribution in [0.4, 0.5) is 0 Å². The molecule has 1 amide bonds. The van der Waals surface area contributed by atoms with E-state index in [-0.39, 0.29) is 12.0 Å². The fraction of sp³-hybridized carbons (Fsp3) is 0.667. The fourth-order valence-corrected chi connectivity index (χ4v) is 3.72. The number of halogens is 1. The number of β-amino-alcohol motifs (C(OH)–C–C–N with tert-alkyl or cyclic N) is 1. The lowest BCUT2D eigenvalue weighted by Gasteiger charge is -2.35. The van der Waals surface area contributed by atoms with Crippen molar-refractivity contribution >= 4 is 28.8 Å². The standard InChI is InChI=1S/C15H24ClN3O2S/c1-12(20)9-18-5-7-19(8-6-18)11-15(21)17(2)10-13-3-4-14(16)22-13/h3-4,12,20H,5-11H2,1-2H3/t12-/m1/s1. The van der Waals surface area contributed by atoms with E-state index in [4.69, 9.17) is 11.6 Å². The van der Waals surface area contributed by atoms with Crippen molar-refractivity contribution in [2.45, 2.75) is 19.6 Å². The van der Waals surface area contributed by atoms with Gasteiger partial charge in [0.05, 0.1) is 23.5 Å². The van der Waals surface area contributed by atoms with Crippen LogP contribution in [-0.4, -0.2) is 78.1 Å². The average molecular weight is 346 g/mol. The number of nitrogens with zero attached hydrogens (tertiary/aromatic N) is 3. The third-order valence-corrected chi connectivity index (χ3v) is 5.01. The first-order chi connectivity index (χ1) is 10.4. The van der Waals surface area contributed by atoms with Gasteiger partial charge in [-0.25, -0.2) is 0 Å². The molecule has 1 N–H and O–H groups in total. The molecule has 1 aliphatic heterocycles. The van der Waals surface area contributed by atoms with Gasteiger partial charge in [0, 0.05) is 44.6 Å². The second-order valence-electron chi connectivity index (χ2n) is 5.88. The molecule has 2 heterocycles. The number of piperazine rings is 1. The van der Waals surface area contributed by atoms with Crippen LogP contribution in [0.2, 0.25) is 4.34 Å². The molecule has 1 aromatic heterocycles. The second-order valence-corrected chi connectivity index (χ2v) is 7.68. The number of carbonyl (C=O) groups is 1. The first kappa shape index (κ1) is 17.7. The minimum atomic E-state index is -0.295. The zero-order valence-corrected chi connectivity index (χ0v) is 14.7. The molecule has 1 aliphatic rings. The van der Waals surface area contributed by atoms with E-state index in [0.717, 1.165) is 35.4 Å². The summed E-state index contributed by atoms with van der Waals surface area (Å²) in [5, 5.41) is 9.41. The van der Waals surface area contributed by atoms with E-state index in [2.05, 4.69) is 9.80 Å². The van der Waals surface area contributed by atoms with E-state index in [1.165, 1.54) is 11.3 Å². The minimum Gasteiger partial charge on any atom is -0.392 e. The van der Waals surface area contributed by atoms with Crippen LogP contribution in [0, 0.1) is 0 Å². The Bertz CT molecular complexity index is 487. The topological polar surface area (TPSA) is 47.0 Å². The molecule has 0 aliphatic carbocycles. The van der Waals surface area contributed by atoms with Crippen molar-refractivity contribution in [1.29, 1.82) is 0 Å². The molecule has 1 aromatic rings. The molecule has 0 bridgehead atoms. The van der Waals surface area contributed by atoms with Crippen LogP contribution in [0.25, 0.3) is 0 Å². The van der Waals surface area contributed by atoms with E-state index in [1.807, 2.05) is 26.1 Å². The number of hydrogen-bond acceptors (Lipinski definition) is 5. The SMILES string of the molecule is C[C@@H](O)CN1CCN(CC(=O)N(C)Cc2ccc(Cl)s2)CC1. The van der Waals surface area contributed by atoms with Gasteiger partial charge in [0.25, 0.3) is 0 Å². The smallest absolute Gasteiger partial charge is 0.236 e. The van der Waals surface area contributed by atoms with Gasteiger partial charge in [-0.2, -0.15) is 0 Å². The van der Waals surface area contributed by atoms with E-state index in [0.29, 0.717) is 19.6 Å². The average Bonchev–Trinajstić information content (AvgIpc) is 2.85. The number of thiophene rings is 1. The molecular formula is C15H24ClN3O2S. The molecule has 5 nitrogen and oxygen atoms in total. The highest BCUT2D eigenvalue weighted by Gasteiger charge is 2.21. The third-order valence-electron chi connectivity index (χ3n) is 3.79. The van der Waals surface area contributed by atoms with Gasteiger partial charge >= 0.3 is 0 Å². The van der Waals surface area contributed by atoms with E-state index in [1.54, 1.807) is 4.90 Å². The summed E-state index contributed by atoms with van der Waals surface area (Å²) in [4.78, 5) is 19.6. The Morgan fingerprint density at radius 3 is 2.55 bits per heavy atom. The summed E-state index contributed by atoms with van der Waals surface area (Å²) in [7, 11) is 1.83. The first-order valence-corrected chi connectivity index (χ1v) is 8.74. The third kappa shape index (κ3) is 5.52. The number of amides is 1. The van der Waals surface area contributed by atoms with Crippen LogP contribution < -0.4 is 0 Å². The maximum Gasteiger partial charge on any atom is 0.236 e. The Kier molecular flexibility index (Phi) is 6.65. The van der Waals surface area contributed by atoms with Crippen LogP contribution in [0.5, 0.6) is 0 Å². The van der Waals surface area contributed by atoms with Crippen molar-refractivity contribution in [2.75, 3.05) is 46.3 Å². The van der Waals surface area contributed by atoms with Crippen molar-refractivity contribution in [3.8, 4) is 0 Å². The van der Waals surface area contributed by atoms with Crippen LogP contribution in [0.3, 0.4) is 0 Å². The van der Waals surface area contributed by atoms with Crippen molar-refractivity contribution < 1.29 is 9.90 Å². The Labute approximate surface area is 141 Å². The lowest BCUT2D eigenvalue weighted by atomic mass is 10.2. The molecular weight excluding hydrogens is 322 g/mol. The molecule has 124 valence electrons. The molecule has 22 heavy (non-hydrogen) atoms. The molecule has 0 radical (unpaired) electrons. The zero-order valence-electron chi connectivity index (χ0n) is 13.2. The van der Waals surface area contributed by atoms with Gasteiger partial charge in [0.1, 0.15) is 0 Å². The van der Waals surface area contributed by atoms with Crippen molar-refractivity contribution in [1.82, 2.24) is 14.7 Å². The first-order valence-electron chi connectivity index (χ1n) is 7.55. The van der Waals surface area contributed by atoms with E-state index in [9.17, 15) is 9.90 Å². The minimum absolute atomic E-state index is 0.133. The lowest BCUT2D eigenvalue weighted by Crippen LogP contribution is -2.50. The van der Waals surface area contributed by atoms with Gasteiger partial charge in [-0.1, -0.05) is 11.6 Å². The predicted molar refractivity (Wildman–Crippen MR) is 90.4 cm³/mol. The van der Waals surface area contributed by atoms with Crippen molar-refractivity contribution in [3.63, 3.8) is 0 Å². The monoisotopic (exact) mass is 345 g/mol. The molecule has 2 rings (SSSR count). The van der Waals surface area contributed by atoms with E-state index >= 15 is 0 Å². The van der Waals surface area contributed by atoms with E-state index < -0.39 is 0 Å². The Hall–Kier alpha value is -0.660. The summed E-state index contributed by atoms with van der Waals surface area (Å²) in [5.41, 5.74) is 0. The largest absolute Gasteiger partial charge is 0.392 e. The molecule has 7 heteroatoms. The molecule has 0 unspecified atom stereocenters. The molecule has 0 aromatic carbocycles. The van der Waals surface area contributed by atoms with Crippen molar-refractivity contribution in [2.24, 2.45) is 0 Å². The van der Waals surface area contributed by atoms with Gasteiger partial charge in [0.15, 0.2) is 0 Å². The van der Waals surface area contributed by atoms with Crippen LogP contribution in [0.1, 0.15) is 11.8 Å². The molecule has 1 fully saturated rings. The normalized spacial score (nSPS) is 18.4.